The molecule has 0 radical (unpaired) electrons. The van der Waals surface area contributed by atoms with Crippen molar-refractivity contribution >= 4 is 22.5 Å². The summed E-state index contributed by atoms with van der Waals surface area (Å²) in [4.78, 5) is 12.6. The zero-order chi connectivity index (χ0) is 20.8. The third kappa shape index (κ3) is 5.05. The third-order valence-corrected chi connectivity index (χ3v) is 3.94. The third-order valence-electron chi connectivity index (χ3n) is 3.94. The van der Waals surface area contributed by atoms with Gasteiger partial charge in [0.1, 0.15) is 5.82 Å². The second-order valence-electron chi connectivity index (χ2n) is 6.12. The number of hydrogen-bond donors (Lipinski definition) is 2. The zero-order valence-corrected chi connectivity index (χ0v) is 15.6. The van der Waals surface area contributed by atoms with Crippen LogP contribution in [-0.2, 0) is 0 Å². The first-order valence-electron chi connectivity index (χ1n) is 8.70. The summed E-state index contributed by atoms with van der Waals surface area (Å²) in [5, 5.41) is 10.2. The molecule has 0 aliphatic rings. The highest BCUT2D eigenvalue weighted by Crippen LogP contribution is 2.19. The average Bonchev–Trinajstić information content (AvgIpc) is 3.13. The van der Waals surface area contributed by atoms with Gasteiger partial charge in [-0.3, -0.25) is 9.89 Å². The van der Waals surface area contributed by atoms with Crippen molar-refractivity contribution in [2.45, 2.75) is 6.92 Å². The monoisotopic (exact) mass is 389 g/mol. The minimum atomic E-state index is -0.428. The molecule has 1 aromatic heterocycles. The van der Waals surface area contributed by atoms with E-state index >= 15 is 0 Å². The molecule has 2 aromatic carbocycles. The topological polar surface area (TPSA) is 57.8 Å². The first kappa shape index (κ1) is 19.8. The number of benzene rings is 2. The standard InChI is InChI=1S/C23H17F2N3O/c1-3-16(5-4-15(2)24)6-7-17-8-13-21-20(14-17)22(28-27-21)23(29)26-19-11-9-18(25)10-12-19/h3-5,8-14H,1H2,2H3,(H,26,29)(H,27,28). The lowest BCUT2D eigenvalue weighted by molar-refractivity contribution is 0.102. The number of nitrogens with zero attached hydrogens (tertiary/aromatic N) is 1. The largest absolute Gasteiger partial charge is 0.321 e. The van der Waals surface area contributed by atoms with Crippen LogP contribution in [0, 0.1) is 17.7 Å². The molecule has 0 atom stereocenters. The highest BCUT2D eigenvalue weighted by molar-refractivity contribution is 6.11. The molecule has 0 spiro atoms. The van der Waals surface area contributed by atoms with Crippen LogP contribution in [0.1, 0.15) is 23.0 Å². The van der Waals surface area contributed by atoms with Gasteiger partial charge >= 0.3 is 0 Å². The fourth-order valence-electron chi connectivity index (χ4n) is 2.50. The zero-order valence-electron chi connectivity index (χ0n) is 15.6. The summed E-state index contributed by atoms with van der Waals surface area (Å²) in [6.45, 7) is 5.00. The molecule has 0 unspecified atom stereocenters. The minimum Gasteiger partial charge on any atom is -0.321 e. The molecule has 2 N–H and O–H groups in total. The molecule has 1 amide bonds. The van der Waals surface area contributed by atoms with Crippen LogP contribution in [0.5, 0.6) is 0 Å². The highest BCUT2D eigenvalue weighted by atomic mass is 19.1. The van der Waals surface area contributed by atoms with Gasteiger partial charge in [-0.2, -0.15) is 5.10 Å². The lowest BCUT2D eigenvalue weighted by Crippen LogP contribution is -2.12. The SMILES string of the molecule is C=CC(C#Cc1ccc2[nH]nc(C(=O)Nc3ccc(F)cc3)c2c1)=CC=C(C)F. The Morgan fingerprint density at radius 3 is 2.66 bits per heavy atom. The van der Waals surface area contributed by atoms with Gasteiger partial charge in [0.2, 0.25) is 0 Å². The van der Waals surface area contributed by atoms with Gasteiger partial charge in [-0.25, -0.2) is 8.78 Å². The number of allylic oxidation sites excluding steroid dienone is 5. The summed E-state index contributed by atoms with van der Waals surface area (Å²) in [7, 11) is 0. The van der Waals surface area contributed by atoms with E-state index < -0.39 is 5.91 Å². The van der Waals surface area contributed by atoms with E-state index in [-0.39, 0.29) is 17.3 Å². The number of aromatic nitrogens is 2. The molecular formula is C23H17F2N3O. The van der Waals surface area contributed by atoms with E-state index in [1.165, 1.54) is 49.4 Å². The van der Waals surface area contributed by atoms with Crippen molar-refractivity contribution in [3.05, 3.63) is 95.7 Å². The molecule has 0 bridgehead atoms. The number of amides is 1. The number of H-pyrrole nitrogens is 1. The molecule has 4 nitrogen and oxygen atoms in total. The summed E-state index contributed by atoms with van der Waals surface area (Å²) in [5.41, 5.74) is 2.55. The Balaban J connectivity index is 1.89. The number of hydrogen-bond acceptors (Lipinski definition) is 2. The Bertz CT molecular complexity index is 1190. The normalized spacial score (nSPS) is 11.7. The molecule has 1 heterocycles. The Kier molecular flexibility index (Phi) is 6.00. The van der Waals surface area contributed by atoms with Gasteiger partial charge in [-0.05, 0) is 61.5 Å². The number of fused-ring (bicyclic) bond motifs is 1. The molecule has 0 fully saturated rings. The number of aromatic amines is 1. The molecule has 0 aliphatic heterocycles. The van der Waals surface area contributed by atoms with Crippen LogP contribution in [0.2, 0.25) is 0 Å². The van der Waals surface area contributed by atoms with Crippen molar-refractivity contribution in [2.24, 2.45) is 0 Å². The molecule has 0 saturated heterocycles. The summed E-state index contributed by atoms with van der Waals surface area (Å²) in [6, 6.07) is 10.7. The van der Waals surface area contributed by atoms with E-state index in [2.05, 4.69) is 33.9 Å². The smallest absolute Gasteiger partial charge is 0.276 e. The maximum atomic E-state index is 13.0. The van der Waals surface area contributed by atoms with Crippen molar-refractivity contribution in [3.63, 3.8) is 0 Å². The number of nitrogens with one attached hydrogen (secondary N) is 2. The molecule has 0 aliphatic carbocycles. The van der Waals surface area contributed by atoms with Crippen molar-refractivity contribution in [3.8, 4) is 11.8 Å². The predicted octanol–water partition coefficient (Wildman–Crippen LogP) is 5.29. The fraction of sp³-hybridized carbons (Fsp3) is 0.0435. The lowest BCUT2D eigenvalue weighted by Gasteiger charge is -2.03. The van der Waals surface area contributed by atoms with Crippen LogP contribution in [0.25, 0.3) is 10.9 Å². The van der Waals surface area contributed by atoms with E-state index in [1.54, 1.807) is 18.2 Å². The number of carbonyl (C=O) groups is 1. The van der Waals surface area contributed by atoms with Crippen molar-refractivity contribution in [2.75, 3.05) is 5.32 Å². The second-order valence-corrected chi connectivity index (χ2v) is 6.12. The quantitative estimate of drug-likeness (QED) is 0.470. The molecule has 29 heavy (non-hydrogen) atoms. The molecule has 0 saturated carbocycles. The Labute approximate surface area is 166 Å². The van der Waals surface area contributed by atoms with Crippen LogP contribution in [0.3, 0.4) is 0 Å². The number of carbonyl (C=O) groups excluding carboxylic acids is 1. The van der Waals surface area contributed by atoms with E-state index in [0.717, 1.165) is 0 Å². The summed E-state index contributed by atoms with van der Waals surface area (Å²) >= 11 is 0. The molecular weight excluding hydrogens is 372 g/mol. The summed E-state index contributed by atoms with van der Waals surface area (Å²) in [6.07, 6.45) is 4.38. The van der Waals surface area contributed by atoms with E-state index in [9.17, 15) is 13.6 Å². The maximum Gasteiger partial charge on any atom is 0.276 e. The number of anilines is 1. The van der Waals surface area contributed by atoms with Gasteiger partial charge in [-0.1, -0.05) is 24.5 Å². The van der Waals surface area contributed by atoms with Gasteiger partial charge in [0.05, 0.1) is 11.3 Å². The van der Waals surface area contributed by atoms with Gasteiger partial charge in [-0.15, -0.1) is 0 Å². The van der Waals surface area contributed by atoms with E-state index in [1.807, 2.05) is 0 Å². The van der Waals surface area contributed by atoms with Crippen molar-refractivity contribution in [1.29, 1.82) is 0 Å². The van der Waals surface area contributed by atoms with Crippen LogP contribution >= 0.6 is 0 Å². The van der Waals surface area contributed by atoms with Crippen molar-refractivity contribution in [1.82, 2.24) is 10.2 Å². The Morgan fingerprint density at radius 1 is 1.21 bits per heavy atom. The molecule has 6 heteroatoms. The van der Waals surface area contributed by atoms with E-state index in [0.29, 0.717) is 27.7 Å². The van der Waals surface area contributed by atoms with Gasteiger partial charge < -0.3 is 5.32 Å². The van der Waals surface area contributed by atoms with Crippen LogP contribution in [0.15, 0.2) is 78.7 Å². The van der Waals surface area contributed by atoms with Gasteiger partial charge in [0, 0.05) is 22.2 Å². The second kappa shape index (κ2) is 8.81. The number of halogens is 2. The summed E-state index contributed by atoms with van der Waals surface area (Å²) in [5.74, 6) is 4.73. The highest BCUT2D eigenvalue weighted by Gasteiger charge is 2.14. The van der Waals surface area contributed by atoms with Crippen LogP contribution < -0.4 is 5.32 Å². The van der Waals surface area contributed by atoms with E-state index in [4.69, 9.17) is 0 Å². The number of rotatable bonds is 4. The van der Waals surface area contributed by atoms with Crippen LogP contribution in [-0.4, -0.2) is 16.1 Å². The van der Waals surface area contributed by atoms with Gasteiger partial charge in [0.25, 0.3) is 5.91 Å². The Morgan fingerprint density at radius 2 is 1.97 bits per heavy atom. The molecule has 3 rings (SSSR count). The van der Waals surface area contributed by atoms with Gasteiger partial charge in [0.15, 0.2) is 5.69 Å². The average molecular weight is 389 g/mol. The first-order valence-corrected chi connectivity index (χ1v) is 8.70. The summed E-state index contributed by atoms with van der Waals surface area (Å²) < 4.78 is 25.9. The fourth-order valence-corrected chi connectivity index (χ4v) is 2.50. The maximum absolute atomic E-state index is 13.0. The first-order chi connectivity index (χ1) is 14.0. The predicted molar refractivity (Wildman–Crippen MR) is 110 cm³/mol. The Hall–Kier alpha value is -3.98. The lowest BCUT2D eigenvalue weighted by atomic mass is 10.1. The van der Waals surface area contributed by atoms with Crippen LogP contribution in [0.4, 0.5) is 14.5 Å². The minimum absolute atomic E-state index is 0.198. The van der Waals surface area contributed by atoms with Crippen molar-refractivity contribution < 1.29 is 13.6 Å². The molecule has 144 valence electrons. The molecule has 3 aromatic rings.